The van der Waals surface area contributed by atoms with E-state index in [9.17, 15) is 9.59 Å². The zero-order valence-corrected chi connectivity index (χ0v) is 21.5. The van der Waals surface area contributed by atoms with Crippen LogP contribution in [-0.4, -0.2) is 72.4 Å². The van der Waals surface area contributed by atoms with Crippen molar-refractivity contribution in [2.45, 2.75) is 50.8 Å². The Kier molecular flexibility index (Phi) is 7.54. The van der Waals surface area contributed by atoms with Crippen molar-refractivity contribution in [2.75, 3.05) is 33.4 Å². The summed E-state index contributed by atoms with van der Waals surface area (Å²) in [5, 5.41) is 7.10. The van der Waals surface area contributed by atoms with Crippen molar-refractivity contribution < 1.29 is 19.1 Å². The number of morpholine rings is 1. The van der Waals surface area contributed by atoms with E-state index < -0.39 is 12.2 Å². The first-order valence-corrected chi connectivity index (χ1v) is 13.4. The molecule has 192 valence electrons. The van der Waals surface area contributed by atoms with Gasteiger partial charge in [0.2, 0.25) is 0 Å². The zero-order chi connectivity index (χ0) is 25.1. The number of carbonyl (C=O) groups excluding carboxylic acids is 2. The Morgan fingerprint density at radius 2 is 2.22 bits per heavy atom. The highest BCUT2D eigenvalue weighted by atomic mass is 32.1. The molecular formula is C26H33N5O4S. The van der Waals surface area contributed by atoms with Crippen LogP contribution in [0.3, 0.4) is 0 Å². The molecule has 36 heavy (non-hydrogen) atoms. The van der Waals surface area contributed by atoms with E-state index in [1.165, 1.54) is 12.7 Å². The van der Waals surface area contributed by atoms with Gasteiger partial charge in [-0.05, 0) is 56.4 Å². The predicted octanol–water partition coefficient (Wildman–Crippen LogP) is 3.62. The molecule has 1 aliphatic heterocycles. The molecule has 10 heteroatoms. The molecule has 0 bridgehead atoms. The molecule has 1 unspecified atom stereocenters. The lowest BCUT2D eigenvalue weighted by atomic mass is 10.0. The molecule has 1 saturated heterocycles. The van der Waals surface area contributed by atoms with Gasteiger partial charge >= 0.3 is 6.09 Å². The van der Waals surface area contributed by atoms with Crippen LogP contribution in [0.4, 0.5) is 4.79 Å². The van der Waals surface area contributed by atoms with Crippen molar-refractivity contribution in [2.24, 2.45) is 0 Å². The molecule has 3 aromatic rings. The summed E-state index contributed by atoms with van der Waals surface area (Å²) in [6.45, 7) is 4.56. The first kappa shape index (κ1) is 24.7. The second-order valence-corrected chi connectivity index (χ2v) is 10.5. The van der Waals surface area contributed by atoms with E-state index >= 15 is 0 Å². The number of pyridine rings is 1. The lowest BCUT2D eigenvalue weighted by Gasteiger charge is -2.33. The summed E-state index contributed by atoms with van der Waals surface area (Å²) < 4.78 is 10.5. The SMILES string of the molecule is COC(=O)NCCCc1cc(C(C)N(C(=O)[C@H]2CNCCO2)C2CC2)sc1-c1cnc2[nH]ccc2c1. The van der Waals surface area contributed by atoms with Crippen molar-refractivity contribution >= 4 is 34.4 Å². The van der Waals surface area contributed by atoms with Crippen LogP contribution < -0.4 is 10.6 Å². The van der Waals surface area contributed by atoms with Crippen LogP contribution in [0, 0.1) is 0 Å². The quantitative estimate of drug-likeness (QED) is 0.379. The Morgan fingerprint density at radius 1 is 1.36 bits per heavy atom. The van der Waals surface area contributed by atoms with E-state index in [0.717, 1.165) is 58.6 Å². The predicted molar refractivity (Wildman–Crippen MR) is 139 cm³/mol. The van der Waals surface area contributed by atoms with Gasteiger partial charge < -0.3 is 30.0 Å². The average Bonchev–Trinajstić information content (AvgIpc) is 3.46. The van der Waals surface area contributed by atoms with Crippen molar-refractivity contribution in [3.63, 3.8) is 0 Å². The van der Waals surface area contributed by atoms with E-state index in [1.807, 2.05) is 23.4 Å². The van der Waals surface area contributed by atoms with Crippen LogP contribution in [0.15, 0.2) is 30.6 Å². The Hall–Kier alpha value is -2.95. The molecule has 0 spiro atoms. The van der Waals surface area contributed by atoms with Gasteiger partial charge in [-0.15, -0.1) is 11.3 Å². The first-order valence-electron chi connectivity index (χ1n) is 12.6. The Morgan fingerprint density at radius 3 is 2.97 bits per heavy atom. The molecule has 3 N–H and O–H groups in total. The van der Waals surface area contributed by atoms with Crippen LogP contribution in [0.2, 0.25) is 0 Å². The van der Waals surface area contributed by atoms with Crippen molar-refractivity contribution in [1.29, 1.82) is 0 Å². The molecule has 0 radical (unpaired) electrons. The second-order valence-electron chi connectivity index (χ2n) is 9.38. The molecule has 9 nitrogen and oxygen atoms in total. The average molecular weight is 512 g/mol. The fourth-order valence-electron chi connectivity index (χ4n) is 4.76. The lowest BCUT2D eigenvalue weighted by molar-refractivity contribution is -0.148. The second kappa shape index (κ2) is 11.0. The molecule has 1 saturated carbocycles. The molecule has 1 aliphatic carbocycles. The smallest absolute Gasteiger partial charge is 0.406 e. The third-order valence-corrected chi connectivity index (χ3v) is 8.19. The highest BCUT2D eigenvalue weighted by Gasteiger charge is 2.40. The Labute approximate surface area is 214 Å². The van der Waals surface area contributed by atoms with E-state index in [0.29, 0.717) is 19.7 Å². The third-order valence-electron chi connectivity index (χ3n) is 6.79. The maximum atomic E-state index is 13.5. The van der Waals surface area contributed by atoms with Gasteiger partial charge in [0, 0.05) is 58.8 Å². The third kappa shape index (κ3) is 5.40. The highest BCUT2D eigenvalue weighted by molar-refractivity contribution is 7.15. The number of fused-ring (bicyclic) bond motifs is 1. The van der Waals surface area contributed by atoms with Gasteiger partial charge in [-0.25, -0.2) is 9.78 Å². The number of nitrogens with zero attached hydrogens (tertiary/aromatic N) is 2. The Balaban J connectivity index is 1.41. The maximum absolute atomic E-state index is 13.5. The number of methoxy groups -OCH3 is 1. The van der Waals surface area contributed by atoms with Crippen molar-refractivity contribution in [3.8, 4) is 10.4 Å². The minimum Gasteiger partial charge on any atom is -0.453 e. The number of rotatable bonds is 9. The van der Waals surface area contributed by atoms with Crippen molar-refractivity contribution in [1.82, 2.24) is 25.5 Å². The molecule has 2 atom stereocenters. The zero-order valence-electron chi connectivity index (χ0n) is 20.7. The number of alkyl carbamates (subject to hydrolysis) is 1. The van der Waals surface area contributed by atoms with Gasteiger partial charge in [0.15, 0.2) is 0 Å². The monoisotopic (exact) mass is 511 g/mol. The number of amides is 2. The topological polar surface area (TPSA) is 109 Å². The molecule has 5 rings (SSSR count). The van der Waals surface area contributed by atoms with Crippen LogP contribution in [0.5, 0.6) is 0 Å². The summed E-state index contributed by atoms with van der Waals surface area (Å²) >= 11 is 1.73. The van der Waals surface area contributed by atoms with Gasteiger partial charge in [0.05, 0.1) is 19.8 Å². The standard InChI is InChI=1S/C26H33N5O4S/c1-16(31(20-5-6-20)25(32)21-15-27-10-11-35-21)22-13-17(4-3-8-29-26(33)34-2)23(36-22)19-12-18-7-9-28-24(18)30-14-19/h7,9,12-14,16,20-21,27H,3-6,8,10-11,15H2,1-2H3,(H,28,30)(H,29,33)/t16?,21-/m1/s1. The number of hydrogen-bond acceptors (Lipinski definition) is 7. The van der Waals surface area contributed by atoms with E-state index in [-0.39, 0.29) is 18.0 Å². The van der Waals surface area contributed by atoms with E-state index in [2.05, 4.69) is 44.4 Å². The highest BCUT2D eigenvalue weighted by Crippen LogP contribution is 2.42. The van der Waals surface area contributed by atoms with E-state index in [4.69, 9.17) is 4.74 Å². The number of aryl methyl sites for hydroxylation is 1. The number of aromatic amines is 1. The number of aromatic nitrogens is 2. The van der Waals surface area contributed by atoms with Crippen LogP contribution >= 0.6 is 11.3 Å². The number of ether oxygens (including phenoxy) is 2. The van der Waals surface area contributed by atoms with Gasteiger partial charge in [-0.2, -0.15) is 0 Å². The molecule has 3 aromatic heterocycles. The molecule has 2 fully saturated rings. The summed E-state index contributed by atoms with van der Waals surface area (Å²) in [6.07, 6.45) is 6.59. The normalized spacial score (nSPS) is 18.7. The first-order chi connectivity index (χ1) is 17.5. The maximum Gasteiger partial charge on any atom is 0.406 e. The number of H-pyrrole nitrogens is 1. The molecule has 2 aliphatic rings. The number of hydrogen-bond donors (Lipinski definition) is 3. The summed E-state index contributed by atoms with van der Waals surface area (Å²) in [6, 6.07) is 6.63. The van der Waals surface area contributed by atoms with Gasteiger partial charge in [0.25, 0.3) is 5.91 Å². The van der Waals surface area contributed by atoms with Gasteiger partial charge in [-0.3, -0.25) is 4.79 Å². The van der Waals surface area contributed by atoms with Gasteiger partial charge in [-0.1, -0.05) is 0 Å². The van der Waals surface area contributed by atoms with Crippen LogP contribution in [0.25, 0.3) is 21.5 Å². The largest absolute Gasteiger partial charge is 0.453 e. The van der Waals surface area contributed by atoms with Crippen LogP contribution in [0.1, 0.15) is 42.7 Å². The minimum absolute atomic E-state index is 0.0508. The van der Waals surface area contributed by atoms with Crippen LogP contribution in [-0.2, 0) is 20.7 Å². The fourth-order valence-corrected chi connectivity index (χ4v) is 6.00. The summed E-state index contributed by atoms with van der Waals surface area (Å²) in [5.41, 5.74) is 3.12. The number of thiophene rings is 1. The minimum atomic E-state index is -0.426. The fraction of sp³-hybridized carbons (Fsp3) is 0.500. The summed E-state index contributed by atoms with van der Waals surface area (Å²) in [5.74, 6) is 0.0754. The van der Waals surface area contributed by atoms with Crippen molar-refractivity contribution in [3.05, 3.63) is 41.0 Å². The summed E-state index contributed by atoms with van der Waals surface area (Å²) in [7, 11) is 1.37. The summed E-state index contributed by atoms with van der Waals surface area (Å²) in [4.78, 5) is 37.0. The van der Waals surface area contributed by atoms with E-state index in [1.54, 1.807) is 11.3 Å². The molecule has 0 aromatic carbocycles. The molecular weight excluding hydrogens is 478 g/mol. The van der Waals surface area contributed by atoms with Gasteiger partial charge in [0.1, 0.15) is 11.8 Å². The molecule has 4 heterocycles. The Bertz CT molecular complexity index is 1210. The lowest BCUT2D eigenvalue weighted by Crippen LogP contribution is -2.50. The number of nitrogens with one attached hydrogen (secondary N) is 3. The molecule has 2 amide bonds. The number of carbonyl (C=O) groups is 2.